The number of anilines is 3. The monoisotopic (exact) mass is 764 g/mol. The Hall–Kier alpha value is -7.94. The molecule has 10 aromatic carbocycles. The van der Waals surface area contributed by atoms with Crippen LogP contribution in [0.2, 0.25) is 0 Å². The number of hydrogen-bond acceptors (Lipinski definition) is 1. The van der Waals surface area contributed by atoms with Gasteiger partial charge in [-0.3, -0.25) is 0 Å². The van der Waals surface area contributed by atoms with Gasteiger partial charge in [0.05, 0.1) is 11.0 Å². The van der Waals surface area contributed by atoms with Crippen LogP contribution in [-0.4, -0.2) is 4.57 Å². The van der Waals surface area contributed by atoms with E-state index in [1.54, 1.807) is 0 Å². The molecule has 0 saturated carbocycles. The summed E-state index contributed by atoms with van der Waals surface area (Å²) in [4.78, 5) is 2.35. The zero-order valence-electron chi connectivity index (χ0n) is 33.0. The van der Waals surface area contributed by atoms with Crippen LogP contribution in [0.5, 0.6) is 0 Å². The molecule has 2 heteroatoms. The molecule has 0 aliphatic heterocycles. The van der Waals surface area contributed by atoms with Crippen LogP contribution in [-0.2, 0) is 0 Å². The van der Waals surface area contributed by atoms with E-state index < -0.39 is 0 Å². The van der Waals surface area contributed by atoms with Gasteiger partial charge in [-0.1, -0.05) is 182 Å². The molecule has 11 aromatic rings. The Bertz CT molecular complexity index is 3160. The van der Waals surface area contributed by atoms with Crippen LogP contribution in [0.1, 0.15) is 0 Å². The maximum absolute atomic E-state index is 2.44. The Kier molecular flexibility index (Phi) is 8.87. The molecule has 0 aliphatic carbocycles. The quantitative estimate of drug-likeness (QED) is 0.150. The highest BCUT2D eigenvalue weighted by atomic mass is 15.1. The van der Waals surface area contributed by atoms with E-state index in [-0.39, 0.29) is 0 Å². The van der Waals surface area contributed by atoms with Gasteiger partial charge < -0.3 is 9.47 Å². The number of rotatable bonds is 8. The number of nitrogens with zero attached hydrogens (tertiary/aromatic N) is 2. The number of benzene rings is 10. The molecular weight excluding hydrogens is 725 g/mol. The molecular formula is C58H40N2. The third kappa shape index (κ3) is 6.32. The summed E-state index contributed by atoms with van der Waals surface area (Å²) >= 11 is 0. The van der Waals surface area contributed by atoms with Crippen molar-refractivity contribution in [1.29, 1.82) is 0 Å². The molecule has 11 rings (SSSR count). The Labute approximate surface area is 350 Å². The van der Waals surface area contributed by atoms with Crippen molar-refractivity contribution < 1.29 is 0 Å². The van der Waals surface area contributed by atoms with Gasteiger partial charge in [0, 0.05) is 38.9 Å². The van der Waals surface area contributed by atoms with Gasteiger partial charge in [0.25, 0.3) is 0 Å². The molecule has 0 N–H and O–H groups in total. The van der Waals surface area contributed by atoms with Crippen molar-refractivity contribution in [2.75, 3.05) is 4.90 Å². The van der Waals surface area contributed by atoms with Crippen molar-refractivity contribution >= 4 is 49.6 Å². The van der Waals surface area contributed by atoms with Gasteiger partial charge >= 0.3 is 0 Å². The molecule has 0 spiro atoms. The van der Waals surface area contributed by atoms with Crippen LogP contribution >= 0.6 is 0 Å². The molecule has 282 valence electrons. The van der Waals surface area contributed by atoms with Crippen LogP contribution in [0, 0.1) is 0 Å². The molecule has 0 aliphatic rings. The average Bonchev–Trinajstić information content (AvgIpc) is 3.67. The lowest BCUT2D eigenvalue weighted by Gasteiger charge is -2.26. The molecule has 2 nitrogen and oxygen atoms in total. The van der Waals surface area contributed by atoms with E-state index in [1.165, 1.54) is 77.1 Å². The Morgan fingerprint density at radius 3 is 1.12 bits per heavy atom. The van der Waals surface area contributed by atoms with Gasteiger partial charge in [0.1, 0.15) is 0 Å². The normalized spacial score (nSPS) is 11.3. The van der Waals surface area contributed by atoms with Crippen molar-refractivity contribution in [3.8, 4) is 50.2 Å². The zero-order chi connectivity index (χ0) is 39.8. The highest BCUT2D eigenvalue weighted by molar-refractivity contribution is 6.22. The smallest absolute Gasteiger partial charge is 0.0619 e. The molecule has 60 heavy (non-hydrogen) atoms. The number of para-hydroxylation sites is 1. The second-order valence-corrected chi connectivity index (χ2v) is 15.3. The minimum atomic E-state index is 1.10. The molecule has 0 atom stereocenters. The molecule has 0 amide bonds. The molecule has 0 fully saturated rings. The average molecular weight is 765 g/mol. The maximum atomic E-state index is 2.44. The van der Waals surface area contributed by atoms with E-state index >= 15 is 0 Å². The first-order chi connectivity index (χ1) is 29.8. The summed E-state index contributed by atoms with van der Waals surface area (Å²) in [6.45, 7) is 0. The predicted octanol–water partition coefficient (Wildman–Crippen LogP) is 16.1. The van der Waals surface area contributed by atoms with Gasteiger partial charge in [-0.2, -0.15) is 0 Å². The second kappa shape index (κ2) is 15.1. The van der Waals surface area contributed by atoms with Crippen LogP contribution < -0.4 is 4.90 Å². The van der Waals surface area contributed by atoms with E-state index in [9.17, 15) is 0 Å². The predicted molar refractivity (Wildman–Crippen MR) is 255 cm³/mol. The summed E-state index contributed by atoms with van der Waals surface area (Å²) in [7, 11) is 0. The van der Waals surface area contributed by atoms with Crippen LogP contribution in [0.25, 0.3) is 82.8 Å². The maximum Gasteiger partial charge on any atom is 0.0619 e. The highest BCUT2D eigenvalue weighted by Crippen LogP contribution is 2.43. The number of hydrogen-bond donors (Lipinski definition) is 0. The largest absolute Gasteiger partial charge is 0.311 e. The summed E-state index contributed by atoms with van der Waals surface area (Å²) in [6, 6.07) is 87.7. The van der Waals surface area contributed by atoms with Crippen molar-refractivity contribution in [2.24, 2.45) is 0 Å². The van der Waals surface area contributed by atoms with Gasteiger partial charge in [0.2, 0.25) is 0 Å². The summed E-state index contributed by atoms with van der Waals surface area (Å²) in [5.41, 5.74) is 16.5. The van der Waals surface area contributed by atoms with Gasteiger partial charge in [-0.25, -0.2) is 0 Å². The molecule has 0 bridgehead atoms. The zero-order valence-corrected chi connectivity index (χ0v) is 33.0. The van der Waals surface area contributed by atoms with Crippen LogP contribution in [0.4, 0.5) is 17.1 Å². The first-order valence-corrected chi connectivity index (χ1v) is 20.6. The summed E-state index contributed by atoms with van der Waals surface area (Å²) in [6.07, 6.45) is 0. The Morgan fingerprint density at radius 1 is 0.267 bits per heavy atom. The fourth-order valence-corrected chi connectivity index (χ4v) is 8.87. The van der Waals surface area contributed by atoms with Crippen molar-refractivity contribution in [2.45, 2.75) is 0 Å². The van der Waals surface area contributed by atoms with E-state index in [2.05, 4.69) is 252 Å². The third-order valence-electron chi connectivity index (χ3n) is 11.8. The molecule has 0 unspecified atom stereocenters. The first kappa shape index (κ1) is 35.2. The van der Waals surface area contributed by atoms with E-state index in [0.29, 0.717) is 0 Å². The first-order valence-electron chi connectivity index (χ1n) is 20.6. The lowest BCUT2D eigenvalue weighted by atomic mass is 9.95. The molecule has 0 radical (unpaired) electrons. The number of fused-ring (bicyclic) bond motifs is 5. The fourth-order valence-electron chi connectivity index (χ4n) is 8.87. The van der Waals surface area contributed by atoms with E-state index in [1.807, 2.05) is 0 Å². The molecule has 1 heterocycles. The topological polar surface area (TPSA) is 8.17 Å². The van der Waals surface area contributed by atoms with Crippen molar-refractivity contribution in [3.05, 3.63) is 243 Å². The van der Waals surface area contributed by atoms with E-state index in [0.717, 1.165) is 22.7 Å². The summed E-state index contributed by atoms with van der Waals surface area (Å²) in [5.74, 6) is 0. The number of aromatic nitrogens is 1. The molecule has 1 aromatic heterocycles. The third-order valence-corrected chi connectivity index (χ3v) is 11.8. The van der Waals surface area contributed by atoms with Gasteiger partial charge in [0.15, 0.2) is 0 Å². The van der Waals surface area contributed by atoms with Gasteiger partial charge in [-0.05, 0) is 111 Å². The minimum Gasteiger partial charge on any atom is -0.311 e. The lowest BCUT2D eigenvalue weighted by molar-refractivity contribution is 1.19. The summed E-state index contributed by atoms with van der Waals surface area (Å²) < 4.78 is 2.44. The lowest BCUT2D eigenvalue weighted by Crippen LogP contribution is -2.09. The van der Waals surface area contributed by atoms with Crippen molar-refractivity contribution in [3.63, 3.8) is 0 Å². The Morgan fingerprint density at radius 2 is 0.633 bits per heavy atom. The molecule has 0 saturated heterocycles. The van der Waals surface area contributed by atoms with E-state index in [4.69, 9.17) is 0 Å². The SMILES string of the molecule is c1ccc(-c2ccc(N(c3ccc(-c4ccccc4)cc3)c3ccc(-c4cc5c6ccccc6n(-c6ccc(-c7ccccc7)cc6)c5c5ccccc45)cc3)cc2)cc1. The highest BCUT2D eigenvalue weighted by Gasteiger charge is 2.19. The second-order valence-electron chi connectivity index (χ2n) is 15.3. The van der Waals surface area contributed by atoms with Gasteiger partial charge in [-0.15, -0.1) is 0 Å². The van der Waals surface area contributed by atoms with Crippen LogP contribution in [0.3, 0.4) is 0 Å². The fraction of sp³-hybridized carbons (Fsp3) is 0. The van der Waals surface area contributed by atoms with Crippen molar-refractivity contribution in [1.82, 2.24) is 4.57 Å². The standard InChI is InChI=1S/C58H40N2/c1-4-14-41(15-5-1)44-24-32-48(33-25-44)59(49-34-26-45(27-35-49)42-16-6-2-7-17-42)50-38-30-47(31-39-50)55-40-56-53-21-12-13-23-57(53)60(58(56)54-22-11-10-20-52(54)55)51-36-28-46(29-37-51)43-18-8-3-9-19-43/h1-40H. The summed E-state index contributed by atoms with van der Waals surface area (Å²) in [5, 5.41) is 4.95. The Balaban J connectivity index is 1.02. The van der Waals surface area contributed by atoms with Crippen LogP contribution in [0.15, 0.2) is 243 Å². The minimum absolute atomic E-state index is 1.10.